The van der Waals surface area contributed by atoms with E-state index >= 15 is 0 Å². The number of halogens is 1. The zero-order chi connectivity index (χ0) is 12.4. The first kappa shape index (κ1) is 11.5. The SMILES string of the molecule is CC(C)c1ccc(-n2cccc(F)c2=O)cn1. The van der Waals surface area contributed by atoms with Crippen molar-refractivity contribution in [1.82, 2.24) is 9.55 Å². The normalized spacial score (nSPS) is 10.8. The summed E-state index contributed by atoms with van der Waals surface area (Å²) in [5.41, 5.74) is 0.851. The van der Waals surface area contributed by atoms with Crippen LogP contribution in [0.5, 0.6) is 0 Å². The van der Waals surface area contributed by atoms with Gasteiger partial charge in [-0.05, 0) is 30.2 Å². The molecule has 4 heteroatoms. The summed E-state index contributed by atoms with van der Waals surface area (Å²) in [6, 6.07) is 6.25. The molecular weight excluding hydrogens is 219 g/mol. The van der Waals surface area contributed by atoms with Crippen LogP contribution in [-0.4, -0.2) is 9.55 Å². The third kappa shape index (κ3) is 2.25. The predicted molar refractivity (Wildman–Crippen MR) is 63.9 cm³/mol. The van der Waals surface area contributed by atoms with Gasteiger partial charge in [0.2, 0.25) is 0 Å². The monoisotopic (exact) mass is 232 g/mol. The Kier molecular flexibility index (Phi) is 3.04. The molecule has 0 aromatic carbocycles. The molecular formula is C13H13FN2O. The van der Waals surface area contributed by atoms with E-state index < -0.39 is 11.4 Å². The first-order valence-corrected chi connectivity index (χ1v) is 5.43. The van der Waals surface area contributed by atoms with Crippen molar-refractivity contribution in [2.45, 2.75) is 19.8 Å². The van der Waals surface area contributed by atoms with E-state index in [1.807, 2.05) is 19.9 Å². The quantitative estimate of drug-likeness (QED) is 0.797. The van der Waals surface area contributed by atoms with Crippen LogP contribution in [0.3, 0.4) is 0 Å². The van der Waals surface area contributed by atoms with E-state index in [4.69, 9.17) is 0 Å². The van der Waals surface area contributed by atoms with Crippen LogP contribution in [0.15, 0.2) is 41.5 Å². The molecule has 0 fully saturated rings. The number of nitrogens with zero attached hydrogens (tertiary/aromatic N) is 2. The van der Waals surface area contributed by atoms with Gasteiger partial charge >= 0.3 is 0 Å². The molecule has 2 heterocycles. The number of hydrogen-bond acceptors (Lipinski definition) is 2. The lowest BCUT2D eigenvalue weighted by atomic mass is 10.1. The standard InChI is InChI=1S/C13H13FN2O/c1-9(2)12-6-5-10(8-15-12)16-7-3-4-11(14)13(16)17/h3-9H,1-2H3. The Bertz CT molecular complexity index is 573. The summed E-state index contributed by atoms with van der Waals surface area (Å²) in [6.07, 6.45) is 3.10. The summed E-state index contributed by atoms with van der Waals surface area (Å²) in [5.74, 6) is -0.436. The number of rotatable bonds is 2. The first-order valence-electron chi connectivity index (χ1n) is 5.43. The van der Waals surface area contributed by atoms with Crippen molar-refractivity contribution < 1.29 is 4.39 Å². The second-order valence-corrected chi connectivity index (χ2v) is 4.13. The molecule has 0 saturated heterocycles. The van der Waals surface area contributed by atoms with Crippen LogP contribution in [0.2, 0.25) is 0 Å². The summed E-state index contributed by atoms with van der Waals surface area (Å²) < 4.78 is 14.4. The Morgan fingerprint density at radius 1 is 1.29 bits per heavy atom. The van der Waals surface area contributed by atoms with E-state index in [1.54, 1.807) is 12.3 Å². The zero-order valence-corrected chi connectivity index (χ0v) is 9.72. The average molecular weight is 232 g/mol. The molecule has 3 nitrogen and oxygen atoms in total. The fourth-order valence-corrected chi connectivity index (χ4v) is 1.55. The van der Waals surface area contributed by atoms with Gasteiger partial charge in [-0.1, -0.05) is 13.8 Å². The fraction of sp³-hybridized carbons (Fsp3) is 0.231. The first-order chi connectivity index (χ1) is 8.09. The largest absolute Gasteiger partial charge is 0.291 e. The molecule has 17 heavy (non-hydrogen) atoms. The maximum Gasteiger partial charge on any atom is 0.291 e. The van der Waals surface area contributed by atoms with E-state index in [2.05, 4.69) is 4.98 Å². The van der Waals surface area contributed by atoms with Gasteiger partial charge in [-0.25, -0.2) is 4.39 Å². The molecule has 0 aliphatic rings. The van der Waals surface area contributed by atoms with Crippen molar-refractivity contribution in [3.63, 3.8) is 0 Å². The molecule has 0 spiro atoms. The Morgan fingerprint density at radius 3 is 2.65 bits per heavy atom. The Labute approximate surface area is 98.6 Å². The minimum Gasteiger partial charge on any atom is -0.280 e. The molecule has 0 N–H and O–H groups in total. The minimum atomic E-state index is -0.763. The molecule has 2 aromatic rings. The lowest BCUT2D eigenvalue weighted by Gasteiger charge is -2.07. The van der Waals surface area contributed by atoms with Gasteiger partial charge in [-0.2, -0.15) is 0 Å². The Hall–Kier alpha value is -1.97. The van der Waals surface area contributed by atoms with Gasteiger partial charge in [0.1, 0.15) is 0 Å². The summed E-state index contributed by atoms with van der Waals surface area (Å²) >= 11 is 0. The van der Waals surface area contributed by atoms with Crippen LogP contribution in [-0.2, 0) is 0 Å². The number of pyridine rings is 2. The topological polar surface area (TPSA) is 34.9 Å². The van der Waals surface area contributed by atoms with E-state index in [9.17, 15) is 9.18 Å². The molecule has 2 aromatic heterocycles. The van der Waals surface area contributed by atoms with Crippen molar-refractivity contribution in [2.24, 2.45) is 0 Å². The van der Waals surface area contributed by atoms with Crippen LogP contribution in [0.25, 0.3) is 5.69 Å². The maximum absolute atomic E-state index is 13.1. The lowest BCUT2D eigenvalue weighted by Crippen LogP contribution is -2.20. The molecule has 0 saturated carbocycles. The molecule has 88 valence electrons. The third-order valence-corrected chi connectivity index (χ3v) is 2.54. The smallest absolute Gasteiger partial charge is 0.280 e. The van der Waals surface area contributed by atoms with Crippen molar-refractivity contribution in [1.29, 1.82) is 0 Å². The van der Waals surface area contributed by atoms with E-state index in [0.717, 1.165) is 11.8 Å². The molecule has 0 aliphatic heterocycles. The van der Waals surface area contributed by atoms with Gasteiger partial charge < -0.3 is 0 Å². The molecule has 0 aliphatic carbocycles. The van der Waals surface area contributed by atoms with Gasteiger partial charge in [-0.15, -0.1) is 0 Å². The van der Waals surface area contributed by atoms with Gasteiger partial charge in [0.15, 0.2) is 5.82 Å². The van der Waals surface area contributed by atoms with E-state index in [0.29, 0.717) is 11.6 Å². The summed E-state index contributed by atoms with van der Waals surface area (Å²) in [6.45, 7) is 4.08. The minimum absolute atomic E-state index is 0.327. The van der Waals surface area contributed by atoms with Gasteiger partial charge in [0, 0.05) is 11.9 Å². The van der Waals surface area contributed by atoms with Crippen LogP contribution in [0.1, 0.15) is 25.5 Å². The lowest BCUT2D eigenvalue weighted by molar-refractivity contribution is 0.599. The molecule has 0 unspecified atom stereocenters. The van der Waals surface area contributed by atoms with Crippen molar-refractivity contribution in [2.75, 3.05) is 0 Å². The summed E-state index contributed by atoms with van der Waals surface area (Å²) in [7, 11) is 0. The second-order valence-electron chi connectivity index (χ2n) is 4.13. The van der Waals surface area contributed by atoms with Crippen molar-refractivity contribution >= 4 is 0 Å². The molecule has 0 amide bonds. The highest BCUT2D eigenvalue weighted by molar-refractivity contribution is 5.30. The highest BCUT2D eigenvalue weighted by Gasteiger charge is 2.05. The average Bonchev–Trinajstić information content (AvgIpc) is 2.33. The summed E-state index contributed by atoms with van der Waals surface area (Å²) in [5, 5.41) is 0. The van der Waals surface area contributed by atoms with Gasteiger partial charge in [0.25, 0.3) is 5.56 Å². The maximum atomic E-state index is 13.1. The van der Waals surface area contributed by atoms with Gasteiger partial charge in [0.05, 0.1) is 11.9 Å². The van der Waals surface area contributed by atoms with Crippen molar-refractivity contribution in [3.8, 4) is 5.69 Å². The van der Waals surface area contributed by atoms with Gasteiger partial charge in [-0.3, -0.25) is 14.3 Å². The highest BCUT2D eigenvalue weighted by Crippen LogP contribution is 2.12. The molecule has 0 atom stereocenters. The predicted octanol–water partition coefficient (Wildman–Crippen LogP) is 2.50. The van der Waals surface area contributed by atoms with E-state index in [-0.39, 0.29) is 0 Å². The molecule has 0 radical (unpaired) electrons. The number of aromatic nitrogens is 2. The van der Waals surface area contributed by atoms with Crippen LogP contribution in [0, 0.1) is 5.82 Å². The third-order valence-electron chi connectivity index (χ3n) is 2.54. The Morgan fingerprint density at radius 2 is 2.06 bits per heavy atom. The highest BCUT2D eigenvalue weighted by atomic mass is 19.1. The van der Waals surface area contributed by atoms with Crippen LogP contribution < -0.4 is 5.56 Å². The molecule has 0 bridgehead atoms. The van der Waals surface area contributed by atoms with Crippen molar-refractivity contribution in [3.05, 3.63) is 58.5 Å². The Balaban J connectivity index is 2.47. The summed E-state index contributed by atoms with van der Waals surface area (Å²) in [4.78, 5) is 15.8. The van der Waals surface area contributed by atoms with E-state index in [1.165, 1.54) is 16.8 Å². The fourth-order valence-electron chi connectivity index (χ4n) is 1.55. The second kappa shape index (κ2) is 4.49. The molecule has 2 rings (SSSR count). The number of hydrogen-bond donors (Lipinski definition) is 0. The van der Waals surface area contributed by atoms with Crippen LogP contribution in [0.4, 0.5) is 4.39 Å². The van der Waals surface area contributed by atoms with Crippen LogP contribution >= 0.6 is 0 Å². The zero-order valence-electron chi connectivity index (χ0n) is 9.72.